The lowest BCUT2D eigenvalue weighted by Crippen LogP contribution is -2.12. The molecule has 0 aliphatic heterocycles. The van der Waals surface area contributed by atoms with E-state index in [0.29, 0.717) is 5.82 Å². The summed E-state index contributed by atoms with van der Waals surface area (Å²) in [5.41, 5.74) is 5.03. The van der Waals surface area contributed by atoms with Crippen molar-refractivity contribution in [2.24, 2.45) is 5.73 Å². The van der Waals surface area contributed by atoms with E-state index in [4.69, 9.17) is 11.1 Å². The van der Waals surface area contributed by atoms with Crippen LogP contribution in [0.5, 0.6) is 0 Å². The molecule has 4 heteroatoms. The van der Waals surface area contributed by atoms with Gasteiger partial charge in [0.05, 0.1) is 0 Å². The molecule has 0 saturated heterocycles. The number of aromatic amines is 1. The van der Waals surface area contributed by atoms with Gasteiger partial charge in [0, 0.05) is 6.20 Å². The van der Waals surface area contributed by atoms with Crippen LogP contribution in [0, 0.1) is 11.6 Å². The van der Waals surface area contributed by atoms with E-state index < -0.39 is 0 Å². The van der Waals surface area contributed by atoms with Crippen molar-refractivity contribution in [3.05, 3.63) is 18.2 Å². The fraction of sp³-hybridized carbons (Fsp3) is 0. The van der Waals surface area contributed by atoms with Crippen LogP contribution in [0.25, 0.3) is 0 Å². The van der Waals surface area contributed by atoms with Gasteiger partial charge in [-0.2, -0.15) is 0 Å². The van der Waals surface area contributed by atoms with Crippen molar-refractivity contribution in [3.8, 4) is 0 Å². The smallest absolute Gasteiger partial charge is 0.173 e. The predicted molar refractivity (Wildman–Crippen MR) is 28.4 cm³/mol. The number of hydrogen-bond acceptors (Lipinski definition) is 2. The Morgan fingerprint density at radius 2 is 2.75 bits per heavy atom. The van der Waals surface area contributed by atoms with Crippen molar-refractivity contribution in [2.45, 2.75) is 0 Å². The number of H-pyrrole nitrogens is 1. The monoisotopic (exact) mass is 109 g/mol. The van der Waals surface area contributed by atoms with Gasteiger partial charge in [-0.1, -0.05) is 0 Å². The largest absolute Gasteiger partial charge is 0.381 e. The maximum Gasteiger partial charge on any atom is 0.173 e. The number of rotatable bonds is 1. The van der Waals surface area contributed by atoms with E-state index in [1.807, 2.05) is 0 Å². The fourth-order valence-electron chi connectivity index (χ4n) is 0.368. The summed E-state index contributed by atoms with van der Waals surface area (Å²) in [4.78, 5) is 6.21. The zero-order valence-electron chi connectivity index (χ0n) is 4.10. The van der Waals surface area contributed by atoms with E-state index in [0.717, 1.165) is 0 Å². The van der Waals surface area contributed by atoms with Gasteiger partial charge in [0.1, 0.15) is 6.20 Å². The number of nitrogens with two attached hydrogens (primary N) is 1. The summed E-state index contributed by atoms with van der Waals surface area (Å²) in [6, 6.07) is 0. The number of nitrogens with one attached hydrogen (secondary N) is 2. The number of imidazole rings is 1. The van der Waals surface area contributed by atoms with E-state index in [-0.39, 0.29) is 5.84 Å². The molecule has 1 aromatic rings. The molecular formula is C4H5N4. The van der Waals surface area contributed by atoms with Crippen LogP contribution in [-0.2, 0) is 0 Å². The Morgan fingerprint density at radius 1 is 2.00 bits per heavy atom. The van der Waals surface area contributed by atoms with E-state index in [2.05, 4.69) is 16.2 Å². The predicted octanol–water partition coefficient (Wildman–Crippen LogP) is -0.506. The molecular weight excluding hydrogens is 104 g/mol. The molecule has 8 heavy (non-hydrogen) atoms. The molecule has 0 saturated carbocycles. The highest BCUT2D eigenvalue weighted by Gasteiger charge is 1.93. The van der Waals surface area contributed by atoms with E-state index in [9.17, 15) is 0 Å². The first-order valence-corrected chi connectivity index (χ1v) is 2.06. The molecule has 0 amide bonds. The maximum absolute atomic E-state index is 6.82. The molecule has 4 nitrogen and oxygen atoms in total. The second-order valence-electron chi connectivity index (χ2n) is 1.29. The minimum absolute atomic E-state index is 0.0637. The zero-order valence-corrected chi connectivity index (χ0v) is 4.10. The maximum atomic E-state index is 6.82. The first-order valence-electron chi connectivity index (χ1n) is 2.06. The third kappa shape index (κ3) is 0.676. The van der Waals surface area contributed by atoms with Gasteiger partial charge in [-0.25, -0.2) is 4.98 Å². The molecule has 1 heterocycles. The van der Waals surface area contributed by atoms with Gasteiger partial charge in [0.15, 0.2) is 11.7 Å². The lowest BCUT2D eigenvalue weighted by molar-refractivity contribution is 1.22. The van der Waals surface area contributed by atoms with Crippen LogP contribution in [0.4, 0.5) is 0 Å². The Labute approximate surface area is 46.3 Å². The van der Waals surface area contributed by atoms with Gasteiger partial charge < -0.3 is 10.7 Å². The third-order valence-corrected chi connectivity index (χ3v) is 0.705. The lowest BCUT2D eigenvalue weighted by Gasteiger charge is -1.84. The highest BCUT2D eigenvalue weighted by molar-refractivity contribution is 5.90. The molecule has 0 aromatic carbocycles. The molecule has 0 unspecified atom stereocenters. The Hall–Kier alpha value is -1.32. The van der Waals surface area contributed by atoms with Gasteiger partial charge in [0.2, 0.25) is 0 Å². The zero-order chi connectivity index (χ0) is 5.98. The number of nitrogen functional groups attached to an aromatic ring is 1. The van der Waals surface area contributed by atoms with Crippen LogP contribution in [-0.4, -0.2) is 15.8 Å². The quantitative estimate of drug-likeness (QED) is 0.335. The average molecular weight is 109 g/mol. The highest BCUT2D eigenvalue weighted by atomic mass is 14.9. The summed E-state index contributed by atoms with van der Waals surface area (Å²) >= 11 is 0. The van der Waals surface area contributed by atoms with E-state index in [1.54, 1.807) is 0 Å². The molecule has 4 N–H and O–H groups in total. The van der Waals surface area contributed by atoms with Crippen molar-refractivity contribution in [3.63, 3.8) is 0 Å². The molecule has 1 aromatic heterocycles. The number of aromatic nitrogens is 2. The standard InChI is InChI=1S/C4H5N4/c5-3(6)4-7-1-2-8-4/h1H,(H3,5,6)(H,7,8). The summed E-state index contributed by atoms with van der Waals surface area (Å²) < 4.78 is 0. The average Bonchev–Trinajstić information content (AvgIpc) is 2.12. The third-order valence-electron chi connectivity index (χ3n) is 0.705. The number of hydrogen-bond donors (Lipinski definition) is 3. The molecule has 1 rings (SSSR count). The summed E-state index contributed by atoms with van der Waals surface area (Å²) in [7, 11) is 0. The first kappa shape index (κ1) is 4.83. The molecule has 0 spiro atoms. The molecule has 0 aliphatic carbocycles. The van der Waals surface area contributed by atoms with Gasteiger partial charge in [-0.15, -0.1) is 0 Å². The van der Waals surface area contributed by atoms with Gasteiger partial charge in [-0.05, 0) is 0 Å². The molecule has 0 fully saturated rings. The number of nitrogens with zero attached hydrogens (tertiary/aromatic N) is 1. The van der Waals surface area contributed by atoms with Gasteiger partial charge >= 0.3 is 0 Å². The molecule has 0 atom stereocenters. The fourth-order valence-corrected chi connectivity index (χ4v) is 0.368. The second kappa shape index (κ2) is 1.65. The van der Waals surface area contributed by atoms with Crippen LogP contribution in [0.3, 0.4) is 0 Å². The Morgan fingerprint density at radius 3 is 3.00 bits per heavy atom. The van der Waals surface area contributed by atoms with Crippen LogP contribution in [0.15, 0.2) is 6.20 Å². The summed E-state index contributed by atoms with van der Waals surface area (Å²) in [6.45, 7) is 0. The van der Waals surface area contributed by atoms with Crippen molar-refractivity contribution >= 4 is 5.84 Å². The Balaban J connectivity index is 2.93. The van der Waals surface area contributed by atoms with Crippen molar-refractivity contribution < 1.29 is 0 Å². The van der Waals surface area contributed by atoms with Crippen LogP contribution >= 0.6 is 0 Å². The summed E-state index contributed by atoms with van der Waals surface area (Å²) in [5, 5.41) is 6.82. The van der Waals surface area contributed by atoms with E-state index >= 15 is 0 Å². The van der Waals surface area contributed by atoms with E-state index in [1.165, 1.54) is 6.20 Å². The minimum Gasteiger partial charge on any atom is -0.381 e. The van der Waals surface area contributed by atoms with Crippen LogP contribution in [0.1, 0.15) is 5.82 Å². The van der Waals surface area contributed by atoms with Gasteiger partial charge in [-0.3, -0.25) is 5.41 Å². The van der Waals surface area contributed by atoms with Crippen molar-refractivity contribution in [1.82, 2.24) is 9.97 Å². The molecule has 0 bridgehead atoms. The normalized spacial score (nSPS) is 9.00. The first-order chi connectivity index (χ1) is 3.80. The Kier molecular flexibility index (Phi) is 0.997. The van der Waals surface area contributed by atoms with Crippen molar-refractivity contribution in [2.75, 3.05) is 0 Å². The SMILES string of the molecule is N=C(N)c1n[c]c[nH]1. The minimum atomic E-state index is -0.0637. The lowest BCUT2D eigenvalue weighted by atomic mass is 10.6. The molecule has 0 aliphatic rings. The topological polar surface area (TPSA) is 78.6 Å². The summed E-state index contributed by atoms with van der Waals surface area (Å²) in [5.74, 6) is 0.302. The van der Waals surface area contributed by atoms with Crippen LogP contribution in [0.2, 0.25) is 0 Å². The summed E-state index contributed by atoms with van der Waals surface area (Å²) in [6.07, 6.45) is 3.98. The highest BCUT2D eigenvalue weighted by Crippen LogP contribution is 1.81. The second-order valence-corrected chi connectivity index (χ2v) is 1.29. The number of amidine groups is 1. The molecule has 41 valence electrons. The van der Waals surface area contributed by atoms with Crippen LogP contribution < -0.4 is 5.73 Å². The van der Waals surface area contributed by atoms with Crippen molar-refractivity contribution in [1.29, 1.82) is 5.41 Å². The molecule has 1 radical (unpaired) electrons. The Bertz CT molecular complexity index is 176. The van der Waals surface area contributed by atoms with Gasteiger partial charge in [0.25, 0.3) is 0 Å².